The normalized spacial score (nSPS) is 22.8. The molecular formula is C17H24N2O. The van der Waals surface area contributed by atoms with Crippen LogP contribution in [0.2, 0.25) is 0 Å². The molecule has 3 nitrogen and oxygen atoms in total. The van der Waals surface area contributed by atoms with Crippen LogP contribution >= 0.6 is 0 Å². The van der Waals surface area contributed by atoms with Crippen LogP contribution in [0.15, 0.2) is 22.6 Å². The molecule has 3 heteroatoms. The number of aromatic nitrogens is 1. The molecule has 0 spiro atoms. The molecule has 0 bridgehead atoms. The van der Waals surface area contributed by atoms with Gasteiger partial charge in [0, 0.05) is 17.6 Å². The van der Waals surface area contributed by atoms with Crippen molar-refractivity contribution in [1.82, 2.24) is 4.98 Å². The standard InChI is InChI=1S/C17H24N2O/c1-4-12-5-6-13(9-12)18-14-7-8-16-15(10-14)19-17(20-16)11(2)3/h7-8,10-13,18H,4-6,9H2,1-3H3. The Morgan fingerprint density at radius 1 is 1.35 bits per heavy atom. The molecule has 0 saturated heterocycles. The highest BCUT2D eigenvalue weighted by atomic mass is 16.3. The highest BCUT2D eigenvalue weighted by Gasteiger charge is 2.23. The zero-order chi connectivity index (χ0) is 14.1. The number of nitrogens with zero attached hydrogens (tertiary/aromatic N) is 1. The van der Waals surface area contributed by atoms with Gasteiger partial charge in [0.1, 0.15) is 5.52 Å². The van der Waals surface area contributed by atoms with Crippen LogP contribution in [0.1, 0.15) is 58.3 Å². The number of fused-ring (bicyclic) bond motifs is 1. The Hall–Kier alpha value is -1.51. The molecule has 3 rings (SSSR count). The summed E-state index contributed by atoms with van der Waals surface area (Å²) in [5.74, 6) is 2.05. The van der Waals surface area contributed by atoms with Crippen molar-refractivity contribution in [3.63, 3.8) is 0 Å². The predicted molar refractivity (Wildman–Crippen MR) is 83.1 cm³/mol. The van der Waals surface area contributed by atoms with E-state index in [1.165, 1.54) is 31.4 Å². The van der Waals surface area contributed by atoms with E-state index in [0.29, 0.717) is 12.0 Å². The maximum atomic E-state index is 5.75. The van der Waals surface area contributed by atoms with E-state index in [9.17, 15) is 0 Å². The molecule has 1 aliphatic rings. The Balaban J connectivity index is 1.75. The first-order chi connectivity index (χ1) is 9.65. The van der Waals surface area contributed by atoms with E-state index in [-0.39, 0.29) is 0 Å². The number of nitrogens with one attached hydrogen (secondary N) is 1. The van der Waals surface area contributed by atoms with Crippen molar-refractivity contribution in [2.75, 3.05) is 5.32 Å². The van der Waals surface area contributed by atoms with Crippen LogP contribution in [0.5, 0.6) is 0 Å². The van der Waals surface area contributed by atoms with Gasteiger partial charge in [-0.3, -0.25) is 0 Å². The van der Waals surface area contributed by atoms with Gasteiger partial charge < -0.3 is 9.73 Å². The van der Waals surface area contributed by atoms with Crippen LogP contribution in [0, 0.1) is 5.92 Å². The lowest BCUT2D eigenvalue weighted by Gasteiger charge is -2.14. The van der Waals surface area contributed by atoms with Gasteiger partial charge in [-0.15, -0.1) is 0 Å². The number of benzene rings is 1. The fraction of sp³-hybridized carbons (Fsp3) is 0.588. The monoisotopic (exact) mass is 272 g/mol. The molecule has 0 amide bonds. The van der Waals surface area contributed by atoms with Crippen molar-refractivity contribution in [2.45, 2.75) is 58.4 Å². The van der Waals surface area contributed by atoms with Gasteiger partial charge in [0.2, 0.25) is 0 Å². The largest absolute Gasteiger partial charge is 0.440 e. The highest BCUT2D eigenvalue weighted by Crippen LogP contribution is 2.31. The van der Waals surface area contributed by atoms with Crippen LogP contribution in [0.4, 0.5) is 5.69 Å². The summed E-state index contributed by atoms with van der Waals surface area (Å²) in [7, 11) is 0. The van der Waals surface area contributed by atoms with E-state index < -0.39 is 0 Å². The molecule has 1 fully saturated rings. The molecule has 2 aromatic rings. The third-order valence-corrected chi connectivity index (χ3v) is 4.39. The minimum Gasteiger partial charge on any atom is -0.440 e. The van der Waals surface area contributed by atoms with Crippen molar-refractivity contribution in [1.29, 1.82) is 0 Å². The molecule has 1 N–H and O–H groups in total. The van der Waals surface area contributed by atoms with Crippen molar-refractivity contribution < 1.29 is 4.42 Å². The fourth-order valence-electron chi connectivity index (χ4n) is 3.09. The fourth-order valence-corrected chi connectivity index (χ4v) is 3.09. The number of oxazole rings is 1. The molecule has 0 aliphatic heterocycles. The van der Waals surface area contributed by atoms with Crippen LogP contribution < -0.4 is 5.32 Å². The molecule has 20 heavy (non-hydrogen) atoms. The summed E-state index contributed by atoms with van der Waals surface area (Å²) in [5, 5.41) is 3.65. The smallest absolute Gasteiger partial charge is 0.198 e. The van der Waals surface area contributed by atoms with Gasteiger partial charge in [0.15, 0.2) is 11.5 Å². The number of anilines is 1. The first-order valence-electron chi connectivity index (χ1n) is 7.82. The molecule has 1 aliphatic carbocycles. The third kappa shape index (κ3) is 2.67. The molecule has 108 valence electrons. The van der Waals surface area contributed by atoms with Crippen LogP contribution in [0.3, 0.4) is 0 Å². The lowest BCUT2D eigenvalue weighted by Crippen LogP contribution is -2.15. The summed E-state index contributed by atoms with van der Waals surface area (Å²) >= 11 is 0. The summed E-state index contributed by atoms with van der Waals surface area (Å²) in [4.78, 5) is 4.57. The van der Waals surface area contributed by atoms with Gasteiger partial charge in [-0.25, -0.2) is 4.98 Å². The SMILES string of the molecule is CCC1CCC(Nc2ccc3oc(C(C)C)nc3c2)C1. The van der Waals surface area contributed by atoms with Crippen molar-refractivity contribution in [3.8, 4) is 0 Å². The van der Waals surface area contributed by atoms with E-state index in [2.05, 4.69) is 43.2 Å². The average Bonchev–Trinajstić information content (AvgIpc) is 3.04. The molecular weight excluding hydrogens is 248 g/mol. The zero-order valence-electron chi connectivity index (χ0n) is 12.6. The average molecular weight is 272 g/mol. The lowest BCUT2D eigenvalue weighted by molar-refractivity contribution is 0.501. The van der Waals surface area contributed by atoms with E-state index in [1.807, 2.05) is 6.07 Å². The van der Waals surface area contributed by atoms with Crippen LogP contribution in [-0.2, 0) is 0 Å². The predicted octanol–water partition coefficient (Wildman–Crippen LogP) is 4.94. The van der Waals surface area contributed by atoms with E-state index >= 15 is 0 Å². The van der Waals surface area contributed by atoms with Crippen LogP contribution in [-0.4, -0.2) is 11.0 Å². The van der Waals surface area contributed by atoms with Gasteiger partial charge in [0.25, 0.3) is 0 Å². The van der Waals surface area contributed by atoms with Crippen molar-refractivity contribution in [2.24, 2.45) is 5.92 Å². The van der Waals surface area contributed by atoms with Crippen molar-refractivity contribution >= 4 is 16.8 Å². The Bertz CT molecular complexity index is 588. The number of hydrogen-bond acceptors (Lipinski definition) is 3. The second-order valence-corrected chi connectivity index (χ2v) is 6.32. The molecule has 1 saturated carbocycles. The van der Waals surface area contributed by atoms with Gasteiger partial charge in [0.05, 0.1) is 0 Å². The molecule has 1 heterocycles. The summed E-state index contributed by atoms with van der Waals surface area (Å²) in [6.07, 6.45) is 5.24. The summed E-state index contributed by atoms with van der Waals surface area (Å²) in [6, 6.07) is 6.87. The Morgan fingerprint density at radius 3 is 2.90 bits per heavy atom. The Morgan fingerprint density at radius 2 is 2.20 bits per heavy atom. The Labute approximate surface area is 120 Å². The third-order valence-electron chi connectivity index (χ3n) is 4.39. The first kappa shape index (κ1) is 13.5. The van der Waals surface area contributed by atoms with E-state index in [0.717, 1.165) is 22.9 Å². The van der Waals surface area contributed by atoms with E-state index in [4.69, 9.17) is 4.42 Å². The quantitative estimate of drug-likeness (QED) is 0.856. The molecule has 0 radical (unpaired) electrons. The molecule has 1 aromatic carbocycles. The maximum Gasteiger partial charge on any atom is 0.198 e. The molecule has 1 aromatic heterocycles. The maximum absolute atomic E-state index is 5.75. The van der Waals surface area contributed by atoms with Gasteiger partial charge in [-0.2, -0.15) is 0 Å². The van der Waals surface area contributed by atoms with Gasteiger partial charge in [-0.1, -0.05) is 27.2 Å². The second-order valence-electron chi connectivity index (χ2n) is 6.32. The minimum atomic E-state index is 0.332. The number of rotatable bonds is 4. The summed E-state index contributed by atoms with van der Waals surface area (Å²) in [6.45, 7) is 6.50. The minimum absolute atomic E-state index is 0.332. The zero-order valence-corrected chi connectivity index (χ0v) is 12.6. The topological polar surface area (TPSA) is 38.1 Å². The lowest BCUT2D eigenvalue weighted by atomic mass is 10.1. The first-order valence-corrected chi connectivity index (χ1v) is 7.82. The van der Waals surface area contributed by atoms with Gasteiger partial charge >= 0.3 is 0 Å². The van der Waals surface area contributed by atoms with Gasteiger partial charge in [-0.05, 0) is 43.4 Å². The Kier molecular flexibility index (Phi) is 3.68. The summed E-state index contributed by atoms with van der Waals surface area (Å²) in [5.41, 5.74) is 3.02. The summed E-state index contributed by atoms with van der Waals surface area (Å²) < 4.78 is 5.75. The number of hydrogen-bond donors (Lipinski definition) is 1. The van der Waals surface area contributed by atoms with Crippen molar-refractivity contribution in [3.05, 3.63) is 24.1 Å². The second kappa shape index (κ2) is 5.47. The molecule has 2 atom stereocenters. The van der Waals surface area contributed by atoms with Crippen LogP contribution in [0.25, 0.3) is 11.1 Å². The highest BCUT2D eigenvalue weighted by molar-refractivity contribution is 5.77. The van der Waals surface area contributed by atoms with E-state index in [1.54, 1.807) is 0 Å². The molecule has 2 unspecified atom stereocenters.